The van der Waals surface area contributed by atoms with E-state index < -0.39 is 38.6 Å². The molecule has 0 spiro atoms. The number of azo groups is 1. The Bertz CT molecular complexity index is 505. The second-order valence-electron chi connectivity index (χ2n) is 3.38. The van der Waals surface area contributed by atoms with Gasteiger partial charge in [-0.3, -0.25) is 0 Å². The Morgan fingerprint density at radius 3 is 1.80 bits per heavy atom. The zero-order chi connectivity index (χ0) is 15.7. The Balaban J connectivity index is 3.13. The van der Waals surface area contributed by atoms with Gasteiger partial charge in [0.2, 0.25) is 4.95 Å². The molecule has 1 unspecified atom stereocenters. The number of halogens is 9. The summed E-state index contributed by atoms with van der Waals surface area (Å²) in [5.74, 6) is 0. The van der Waals surface area contributed by atoms with E-state index >= 15 is 0 Å². The van der Waals surface area contributed by atoms with Crippen LogP contribution < -0.4 is 0 Å². The summed E-state index contributed by atoms with van der Waals surface area (Å²) in [4.78, 5) is -2.32. The summed E-state index contributed by atoms with van der Waals surface area (Å²) in [6.45, 7) is 0. The van der Waals surface area contributed by atoms with Gasteiger partial charge in [0, 0.05) is 0 Å². The molecule has 0 radical (unpaired) electrons. The van der Waals surface area contributed by atoms with Crippen molar-refractivity contribution in [1.29, 1.82) is 0 Å². The van der Waals surface area contributed by atoms with Crippen molar-refractivity contribution in [3.8, 4) is 0 Å². The highest BCUT2D eigenvalue weighted by Crippen LogP contribution is 2.40. The van der Waals surface area contributed by atoms with Crippen molar-refractivity contribution in [3.05, 3.63) is 27.7 Å². The molecule has 0 amide bonds. The Morgan fingerprint density at radius 1 is 1.00 bits per heavy atom. The predicted molar refractivity (Wildman–Crippen MR) is 64.8 cm³/mol. The SMILES string of the molecule is FC(F)(F)c1cc(Cl)c(N=NC(Br)C(F)(F)F)c(Cl)c1. The average Bonchev–Trinajstić information content (AvgIpc) is 2.24. The van der Waals surface area contributed by atoms with Gasteiger partial charge in [-0.1, -0.05) is 39.1 Å². The molecule has 2 nitrogen and oxygen atoms in total. The molecule has 0 saturated carbocycles. The summed E-state index contributed by atoms with van der Waals surface area (Å²) in [5, 5.41) is 4.85. The maximum Gasteiger partial charge on any atom is 0.422 e. The van der Waals surface area contributed by atoms with E-state index in [0.717, 1.165) is 0 Å². The number of rotatable bonds is 2. The van der Waals surface area contributed by atoms with Crippen molar-refractivity contribution in [3.63, 3.8) is 0 Å². The maximum absolute atomic E-state index is 12.4. The topological polar surface area (TPSA) is 24.7 Å². The number of hydrogen-bond acceptors (Lipinski definition) is 2. The van der Waals surface area contributed by atoms with Crippen molar-refractivity contribution >= 4 is 44.8 Å². The summed E-state index contributed by atoms with van der Waals surface area (Å²) < 4.78 is 73.7. The van der Waals surface area contributed by atoms with Gasteiger partial charge < -0.3 is 0 Å². The van der Waals surface area contributed by atoms with Crippen LogP contribution in [0.3, 0.4) is 0 Å². The van der Waals surface area contributed by atoms with E-state index in [9.17, 15) is 26.3 Å². The van der Waals surface area contributed by atoms with Crippen molar-refractivity contribution in [1.82, 2.24) is 0 Å². The van der Waals surface area contributed by atoms with E-state index in [1.165, 1.54) is 0 Å². The Kier molecular flexibility index (Phi) is 5.31. The normalized spacial score (nSPS) is 14.8. The Morgan fingerprint density at radius 2 is 1.45 bits per heavy atom. The lowest BCUT2D eigenvalue weighted by Crippen LogP contribution is -2.19. The van der Waals surface area contributed by atoms with Crippen LogP contribution >= 0.6 is 39.1 Å². The third-order valence-corrected chi connectivity index (χ3v) is 3.15. The Labute approximate surface area is 126 Å². The molecule has 20 heavy (non-hydrogen) atoms. The molecule has 0 saturated heterocycles. The highest BCUT2D eigenvalue weighted by Gasteiger charge is 2.38. The fraction of sp³-hybridized carbons (Fsp3) is 0.333. The number of nitrogens with zero attached hydrogens (tertiary/aromatic N) is 2. The lowest BCUT2D eigenvalue weighted by atomic mass is 10.2. The van der Waals surface area contributed by atoms with Crippen LogP contribution in [0.4, 0.5) is 32.0 Å². The third-order valence-electron chi connectivity index (χ3n) is 1.87. The molecular weight excluding hydrogens is 401 g/mol. The minimum Gasteiger partial charge on any atom is -0.168 e. The molecule has 11 heteroatoms. The monoisotopic (exact) mass is 402 g/mol. The van der Waals surface area contributed by atoms with E-state index in [1.807, 2.05) is 0 Å². The number of hydrogen-bond donors (Lipinski definition) is 0. The fourth-order valence-corrected chi connectivity index (χ4v) is 1.65. The molecule has 1 aromatic carbocycles. The van der Waals surface area contributed by atoms with Crippen LogP contribution in [-0.2, 0) is 6.18 Å². The second kappa shape index (κ2) is 6.07. The van der Waals surface area contributed by atoms with E-state index in [-0.39, 0.29) is 0 Å². The van der Waals surface area contributed by atoms with Crippen LogP contribution in [0.2, 0.25) is 10.0 Å². The molecule has 1 aromatic rings. The van der Waals surface area contributed by atoms with Crippen LogP contribution in [0.5, 0.6) is 0 Å². The predicted octanol–water partition coefficient (Wildman–Crippen LogP) is 6.38. The van der Waals surface area contributed by atoms with Crippen LogP contribution in [-0.4, -0.2) is 11.1 Å². The molecule has 0 heterocycles. The standard InChI is InChI=1S/C9H3BrCl2F6N2/c10-7(9(16,17)18)20-19-6-4(11)1-3(2-5(6)12)8(13,14)15/h1-2,7H. The summed E-state index contributed by atoms with van der Waals surface area (Å²) in [6.07, 6.45) is -9.39. The summed E-state index contributed by atoms with van der Waals surface area (Å²) in [5.41, 5.74) is -1.62. The van der Waals surface area contributed by atoms with Gasteiger partial charge in [0.25, 0.3) is 0 Å². The molecule has 0 aliphatic carbocycles. The first kappa shape index (κ1) is 17.5. The summed E-state index contributed by atoms with van der Waals surface area (Å²) in [6, 6.07) is 0.997. The zero-order valence-corrected chi connectivity index (χ0v) is 12.1. The maximum atomic E-state index is 12.4. The van der Waals surface area contributed by atoms with E-state index in [1.54, 1.807) is 0 Å². The van der Waals surface area contributed by atoms with Crippen LogP contribution in [0.25, 0.3) is 0 Å². The van der Waals surface area contributed by atoms with Crippen LogP contribution in [0.1, 0.15) is 5.56 Å². The van der Waals surface area contributed by atoms with E-state index in [0.29, 0.717) is 12.1 Å². The van der Waals surface area contributed by atoms with E-state index in [2.05, 4.69) is 26.2 Å². The summed E-state index contributed by atoms with van der Waals surface area (Å²) in [7, 11) is 0. The quantitative estimate of drug-likeness (QED) is 0.237. The average molecular weight is 404 g/mol. The first-order valence-corrected chi connectivity index (χ1v) is 6.28. The van der Waals surface area contributed by atoms with Gasteiger partial charge >= 0.3 is 12.4 Å². The van der Waals surface area contributed by atoms with Gasteiger partial charge in [0.05, 0.1) is 15.6 Å². The largest absolute Gasteiger partial charge is 0.422 e. The molecule has 0 aliphatic heterocycles. The molecule has 1 atom stereocenters. The van der Waals surface area contributed by atoms with Crippen molar-refractivity contribution in [2.75, 3.05) is 0 Å². The smallest absolute Gasteiger partial charge is 0.168 e. The molecule has 0 N–H and O–H groups in total. The molecule has 0 fully saturated rings. The molecule has 0 aromatic heterocycles. The van der Waals surface area contributed by atoms with Crippen LogP contribution in [0.15, 0.2) is 22.4 Å². The van der Waals surface area contributed by atoms with Crippen LogP contribution in [0, 0.1) is 0 Å². The molecule has 0 aliphatic rings. The highest BCUT2D eigenvalue weighted by atomic mass is 79.9. The number of alkyl halides is 7. The lowest BCUT2D eigenvalue weighted by Gasteiger charge is -2.10. The van der Waals surface area contributed by atoms with Gasteiger partial charge in [-0.15, -0.1) is 0 Å². The molecule has 1 rings (SSSR count). The minimum absolute atomic E-state index is 0.477. The van der Waals surface area contributed by atoms with E-state index in [4.69, 9.17) is 23.2 Å². The Hall–Kier alpha value is -0.540. The zero-order valence-electron chi connectivity index (χ0n) is 9.03. The van der Waals surface area contributed by atoms with Crippen molar-refractivity contribution in [2.24, 2.45) is 10.2 Å². The number of benzene rings is 1. The third kappa shape index (κ3) is 4.49. The van der Waals surface area contributed by atoms with Gasteiger partial charge in [-0.25, -0.2) is 0 Å². The van der Waals surface area contributed by atoms with Crippen molar-refractivity contribution in [2.45, 2.75) is 17.3 Å². The molecular formula is C9H3BrCl2F6N2. The van der Waals surface area contributed by atoms with Gasteiger partial charge in [-0.05, 0) is 12.1 Å². The van der Waals surface area contributed by atoms with Gasteiger partial charge in [0.1, 0.15) is 5.69 Å². The fourth-order valence-electron chi connectivity index (χ4n) is 0.999. The molecule has 112 valence electrons. The first-order chi connectivity index (χ1) is 8.93. The second-order valence-corrected chi connectivity index (χ2v) is 5.06. The van der Waals surface area contributed by atoms with Gasteiger partial charge in [-0.2, -0.15) is 36.6 Å². The summed E-state index contributed by atoms with van der Waals surface area (Å²) >= 11 is 13.2. The van der Waals surface area contributed by atoms with Gasteiger partial charge in [0.15, 0.2) is 0 Å². The highest BCUT2D eigenvalue weighted by molar-refractivity contribution is 9.09. The lowest BCUT2D eigenvalue weighted by molar-refractivity contribution is -0.137. The first-order valence-electron chi connectivity index (χ1n) is 4.61. The molecule has 0 bridgehead atoms. The van der Waals surface area contributed by atoms with Crippen molar-refractivity contribution < 1.29 is 26.3 Å². The minimum atomic E-state index is -4.70.